The predicted octanol–water partition coefficient (Wildman–Crippen LogP) is -0.516. The molecule has 0 radical (unpaired) electrons. The lowest BCUT2D eigenvalue weighted by Gasteiger charge is -2.10. The summed E-state index contributed by atoms with van der Waals surface area (Å²) in [6, 6.07) is -0.257. The largest absolute Gasteiger partial charge is 0.338 e. The highest BCUT2D eigenvalue weighted by molar-refractivity contribution is 5.83. The fraction of sp³-hybridized carbons (Fsp3) is 0.778. The smallest absolute Gasteiger partial charge is 0.315 e. The number of carbonyl (C=O) groups excluding carboxylic acids is 2. The highest BCUT2D eigenvalue weighted by Crippen LogP contribution is 2.04. The first-order valence-electron chi connectivity index (χ1n) is 4.90. The number of urea groups is 1. The second-order valence-electron chi connectivity index (χ2n) is 3.62. The van der Waals surface area contributed by atoms with Gasteiger partial charge in [-0.1, -0.05) is 0 Å². The number of rotatable bonds is 4. The van der Waals surface area contributed by atoms with Crippen LogP contribution in [0.2, 0.25) is 0 Å². The van der Waals surface area contributed by atoms with Gasteiger partial charge in [-0.2, -0.15) is 0 Å². The van der Waals surface area contributed by atoms with E-state index in [1.807, 2.05) is 0 Å². The molecule has 1 fully saturated rings. The van der Waals surface area contributed by atoms with E-state index in [4.69, 9.17) is 0 Å². The molecule has 0 aromatic carbocycles. The Bertz CT molecular complexity index is 212. The average Bonchev–Trinajstić information content (AvgIpc) is 2.63. The zero-order valence-corrected chi connectivity index (χ0v) is 8.43. The minimum absolute atomic E-state index is 0.0392. The summed E-state index contributed by atoms with van der Waals surface area (Å²) in [5.74, 6) is 0.487. The summed E-state index contributed by atoms with van der Waals surface area (Å²) < 4.78 is 0. The van der Waals surface area contributed by atoms with Crippen LogP contribution >= 0.6 is 0 Å². The second kappa shape index (κ2) is 5.59. The molecule has 5 nitrogen and oxygen atoms in total. The topological polar surface area (TPSA) is 70.2 Å². The highest BCUT2D eigenvalue weighted by Gasteiger charge is 2.14. The van der Waals surface area contributed by atoms with Crippen molar-refractivity contribution in [2.75, 3.05) is 26.2 Å². The standard InChI is InChI=1S/C9H17N3O2/c1-7(13)4-11-9(14)12-6-8-2-3-10-5-8/h8,10H,2-6H2,1H3,(H2,11,12,14). The summed E-state index contributed by atoms with van der Waals surface area (Å²) in [6.07, 6.45) is 1.10. The molecule has 2 amide bonds. The molecule has 3 N–H and O–H groups in total. The van der Waals surface area contributed by atoms with Gasteiger partial charge >= 0.3 is 6.03 Å². The van der Waals surface area contributed by atoms with Crippen LogP contribution in [-0.4, -0.2) is 38.0 Å². The third-order valence-corrected chi connectivity index (χ3v) is 2.21. The molecular formula is C9H17N3O2. The van der Waals surface area contributed by atoms with Gasteiger partial charge in [-0.05, 0) is 32.4 Å². The van der Waals surface area contributed by atoms with E-state index in [-0.39, 0.29) is 18.4 Å². The number of amides is 2. The van der Waals surface area contributed by atoms with Crippen molar-refractivity contribution in [3.8, 4) is 0 Å². The van der Waals surface area contributed by atoms with Gasteiger partial charge in [-0.25, -0.2) is 4.79 Å². The fourth-order valence-electron chi connectivity index (χ4n) is 1.39. The maximum absolute atomic E-state index is 11.1. The molecule has 1 aliphatic rings. The van der Waals surface area contributed by atoms with Gasteiger partial charge in [-0.3, -0.25) is 4.79 Å². The first-order valence-corrected chi connectivity index (χ1v) is 4.90. The number of nitrogens with one attached hydrogen (secondary N) is 3. The third kappa shape index (κ3) is 4.23. The average molecular weight is 199 g/mol. The molecule has 1 unspecified atom stereocenters. The lowest BCUT2D eigenvalue weighted by molar-refractivity contribution is -0.116. The van der Waals surface area contributed by atoms with Crippen LogP contribution in [0.25, 0.3) is 0 Å². The Morgan fingerprint density at radius 1 is 1.43 bits per heavy atom. The highest BCUT2D eigenvalue weighted by atomic mass is 16.2. The van der Waals surface area contributed by atoms with E-state index in [1.165, 1.54) is 6.92 Å². The second-order valence-corrected chi connectivity index (χ2v) is 3.62. The first kappa shape index (κ1) is 11.0. The molecule has 0 saturated carbocycles. The summed E-state index contributed by atoms with van der Waals surface area (Å²) in [5.41, 5.74) is 0. The lowest BCUT2D eigenvalue weighted by Crippen LogP contribution is -2.40. The summed E-state index contributed by atoms with van der Waals surface area (Å²) in [7, 11) is 0. The van der Waals surface area contributed by atoms with Gasteiger partial charge in [0.2, 0.25) is 0 Å². The zero-order valence-electron chi connectivity index (χ0n) is 8.43. The zero-order chi connectivity index (χ0) is 10.4. The van der Waals surface area contributed by atoms with Crippen molar-refractivity contribution >= 4 is 11.8 Å². The summed E-state index contributed by atoms with van der Waals surface area (Å²) in [4.78, 5) is 21.7. The van der Waals surface area contributed by atoms with E-state index in [0.29, 0.717) is 12.5 Å². The summed E-state index contributed by atoms with van der Waals surface area (Å²) >= 11 is 0. The van der Waals surface area contributed by atoms with Crippen molar-refractivity contribution in [2.45, 2.75) is 13.3 Å². The minimum atomic E-state index is -0.257. The number of carbonyl (C=O) groups is 2. The van der Waals surface area contributed by atoms with Gasteiger partial charge in [0.1, 0.15) is 5.78 Å². The van der Waals surface area contributed by atoms with E-state index in [0.717, 1.165) is 19.5 Å². The van der Waals surface area contributed by atoms with E-state index in [1.54, 1.807) is 0 Å². The molecule has 80 valence electrons. The molecule has 1 saturated heterocycles. The molecule has 1 atom stereocenters. The maximum Gasteiger partial charge on any atom is 0.315 e. The van der Waals surface area contributed by atoms with Gasteiger partial charge < -0.3 is 16.0 Å². The molecule has 1 heterocycles. The van der Waals surface area contributed by atoms with Crippen molar-refractivity contribution in [3.05, 3.63) is 0 Å². The monoisotopic (exact) mass is 199 g/mol. The Labute approximate surface area is 83.6 Å². The van der Waals surface area contributed by atoms with Gasteiger partial charge in [-0.15, -0.1) is 0 Å². The Morgan fingerprint density at radius 3 is 2.79 bits per heavy atom. The van der Waals surface area contributed by atoms with Gasteiger partial charge in [0, 0.05) is 6.54 Å². The van der Waals surface area contributed by atoms with Crippen molar-refractivity contribution < 1.29 is 9.59 Å². The first-order chi connectivity index (χ1) is 6.68. The molecule has 14 heavy (non-hydrogen) atoms. The lowest BCUT2D eigenvalue weighted by atomic mass is 10.1. The van der Waals surface area contributed by atoms with Crippen LogP contribution in [0.4, 0.5) is 4.79 Å². The van der Waals surface area contributed by atoms with E-state index in [9.17, 15) is 9.59 Å². The van der Waals surface area contributed by atoms with Crippen LogP contribution in [0.15, 0.2) is 0 Å². The van der Waals surface area contributed by atoms with Crippen LogP contribution < -0.4 is 16.0 Å². The Kier molecular flexibility index (Phi) is 4.39. The van der Waals surface area contributed by atoms with Crippen LogP contribution in [0.3, 0.4) is 0 Å². The molecular weight excluding hydrogens is 182 g/mol. The van der Waals surface area contributed by atoms with Gasteiger partial charge in [0.15, 0.2) is 0 Å². The molecule has 1 rings (SSSR count). The molecule has 0 aromatic heterocycles. The van der Waals surface area contributed by atoms with E-state index in [2.05, 4.69) is 16.0 Å². The molecule has 1 aliphatic heterocycles. The number of ketones is 1. The number of hydrogen-bond acceptors (Lipinski definition) is 3. The van der Waals surface area contributed by atoms with Crippen LogP contribution in [0.5, 0.6) is 0 Å². The van der Waals surface area contributed by atoms with Gasteiger partial charge in [0.05, 0.1) is 6.54 Å². The number of hydrogen-bond donors (Lipinski definition) is 3. The normalized spacial score (nSPS) is 20.5. The van der Waals surface area contributed by atoms with Crippen molar-refractivity contribution in [1.29, 1.82) is 0 Å². The van der Waals surface area contributed by atoms with Gasteiger partial charge in [0.25, 0.3) is 0 Å². The quantitative estimate of drug-likeness (QED) is 0.571. The SMILES string of the molecule is CC(=O)CNC(=O)NCC1CCNC1. The van der Waals surface area contributed by atoms with Crippen LogP contribution in [0.1, 0.15) is 13.3 Å². The Hall–Kier alpha value is -1.10. The van der Waals surface area contributed by atoms with Crippen LogP contribution in [-0.2, 0) is 4.79 Å². The Balaban J connectivity index is 2.05. The van der Waals surface area contributed by atoms with Crippen molar-refractivity contribution in [2.24, 2.45) is 5.92 Å². The Morgan fingerprint density at radius 2 is 2.21 bits per heavy atom. The summed E-state index contributed by atoms with van der Waals surface area (Å²) in [5, 5.41) is 8.44. The van der Waals surface area contributed by atoms with Crippen LogP contribution in [0, 0.1) is 5.92 Å². The predicted molar refractivity (Wildman–Crippen MR) is 53.1 cm³/mol. The number of Topliss-reactive ketones (excluding diaryl/α,β-unsaturated/α-hetero) is 1. The molecule has 0 aromatic rings. The molecule has 0 aliphatic carbocycles. The molecule has 0 bridgehead atoms. The van der Waals surface area contributed by atoms with E-state index >= 15 is 0 Å². The third-order valence-electron chi connectivity index (χ3n) is 2.21. The fourth-order valence-corrected chi connectivity index (χ4v) is 1.39. The van der Waals surface area contributed by atoms with Crippen molar-refractivity contribution in [1.82, 2.24) is 16.0 Å². The maximum atomic E-state index is 11.1. The minimum Gasteiger partial charge on any atom is -0.338 e. The summed E-state index contributed by atoms with van der Waals surface area (Å²) in [6.45, 7) is 4.22. The molecule has 0 spiro atoms. The molecule has 5 heteroatoms. The van der Waals surface area contributed by atoms with E-state index < -0.39 is 0 Å². The van der Waals surface area contributed by atoms with Crippen molar-refractivity contribution in [3.63, 3.8) is 0 Å².